The quantitative estimate of drug-likeness (QED) is 0.672. The van der Waals surface area contributed by atoms with E-state index < -0.39 is 11.2 Å². The first kappa shape index (κ1) is 22.8. The molecule has 1 aliphatic rings. The summed E-state index contributed by atoms with van der Waals surface area (Å²) in [5.74, 6) is 0.378. The Balaban J connectivity index is 1.98. The molecule has 0 spiro atoms. The van der Waals surface area contributed by atoms with E-state index >= 15 is 0 Å². The van der Waals surface area contributed by atoms with Crippen LogP contribution in [0.15, 0.2) is 39.9 Å². The number of aromatic amines is 1. The van der Waals surface area contributed by atoms with Crippen LogP contribution in [0, 0.1) is 5.92 Å². The SMILES string of the molecule is CCCCn1c(N)c(N(Cc2ccccc2)C(=O)CN2CCC[C@@H](C)C2)c(=O)[nH]c1=O. The van der Waals surface area contributed by atoms with Gasteiger partial charge < -0.3 is 5.73 Å². The summed E-state index contributed by atoms with van der Waals surface area (Å²) in [6, 6.07) is 9.48. The van der Waals surface area contributed by atoms with Gasteiger partial charge in [0.2, 0.25) is 5.91 Å². The van der Waals surface area contributed by atoms with Crippen LogP contribution in [0.2, 0.25) is 0 Å². The first-order valence-corrected chi connectivity index (χ1v) is 11.1. The Kier molecular flexibility index (Phi) is 7.68. The van der Waals surface area contributed by atoms with E-state index in [-0.39, 0.29) is 30.5 Å². The number of nitrogen functional groups attached to an aromatic ring is 1. The normalized spacial score (nSPS) is 16.9. The second-order valence-electron chi connectivity index (χ2n) is 8.45. The standard InChI is InChI=1S/C23H33N5O3/c1-3-4-13-27-21(24)20(22(30)25-23(27)31)28(15-18-10-6-5-7-11-18)19(29)16-26-12-8-9-17(2)14-26/h5-7,10-11,17H,3-4,8-9,12-16,24H2,1-2H3,(H,25,30,31)/t17-/m1/s1. The van der Waals surface area contributed by atoms with Crippen molar-refractivity contribution in [2.75, 3.05) is 30.3 Å². The number of amides is 1. The van der Waals surface area contributed by atoms with Crippen LogP contribution in [0.1, 0.15) is 45.1 Å². The summed E-state index contributed by atoms with van der Waals surface area (Å²) in [6.45, 7) is 6.72. The Morgan fingerprint density at radius 3 is 2.68 bits per heavy atom. The van der Waals surface area contributed by atoms with E-state index in [1.54, 1.807) is 0 Å². The van der Waals surface area contributed by atoms with E-state index in [1.165, 1.54) is 9.47 Å². The minimum Gasteiger partial charge on any atom is -0.383 e. The molecule has 3 N–H and O–H groups in total. The molecule has 1 aliphatic heterocycles. The van der Waals surface area contributed by atoms with Crippen molar-refractivity contribution in [1.29, 1.82) is 0 Å². The fourth-order valence-electron chi connectivity index (χ4n) is 4.14. The molecule has 2 heterocycles. The van der Waals surface area contributed by atoms with Crippen LogP contribution in [0.25, 0.3) is 0 Å². The number of carbonyl (C=O) groups is 1. The smallest absolute Gasteiger partial charge is 0.330 e. The first-order valence-electron chi connectivity index (χ1n) is 11.1. The van der Waals surface area contributed by atoms with Crippen LogP contribution in [-0.4, -0.2) is 40.0 Å². The molecule has 1 aromatic heterocycles. The van der Waals surface area contributed by atoms with E-state index in [0.29, 0.717) is 12.5 Å². The molecule has 0 saturated carbocycles. The molecule has 8 heteroatoms. The second-order valence-corrected chi connectivity index (χ2v) is 8.45. The van der Waals surface area contributed by atoms with Crippen molar-refractivity contribution < 1.29 is 4.79 Å². The highest BCUT2D eigenvalue weighted by Crippen LogP contribution is 2.22. The number of nitrogens with zero attached hydrogens (tertiary/aromatic N) is 3. The molecule has 1 aromatic carbocycles. The highest BCUT2D eigenvalue weighted by Gasteiger charge is 2.27. The van der Waals surface area contributed by atoms with Gasteiger partial charge in [-0.15, -0.1) is 0 Å². The van der Waals surface area contributed by atoms with Crippen molar-refractivity contribution in [1.82, 2.24) is 14.5 Å². The average Bonchev–Trinajstić information content (AvgIpc) is 2.73. The predicted molar refractivity (Wildman–Crippen MR) is 123 cm³/mol. The zero-order chi connectivity index (χ0) is 22.4. The molecular weight excluding hydrogens is 394 g/mol. The molecule has 1 fully saturated rings. The van der Waals surface area contributed by atoms with Gasteiger partial charge in [-0.05, 0) is 37.3 Å². The van der Waals surface area contributed by atoms with Crippen molar-refractivity contribution >= 4 is 17.4 Å². The van der Waals surface area contributed by atoms with Crippen LogP contribution in [0.5, 0.6) is 0 Å². The van der Waals surface area contributed by atoms with Gasteiger partial charge in [-0.25, -0.2) is 4.79 Å². The highest BCUT2D eigenvalue weighted by atomic mass is 16.2. The number of piperidine rings is 1. The molecule has 31 heavy (non-hydrogen) atoms. The van der Waals surface area contributed by atoms with Crippen molar-refractivity contribution in [2.24, 2.45) is 5.92 Å². The van der Waals surface area contributed by atoms with Crippen LogP contribution in [0.3, 0.4) is 0 Å². The Morgan fingerprint density at radius 1 is 1.26 bits per heavy atom. The lowest BCUT2D eigenvalue weighted by molar-refractivity contribution is -0.120. The number of anilines is 2. The molecule has 3 rings (SSSR count). The van der Waals surface area contributed by atoms with Crippen LogP contribution in [0.4, 0.5) is 11.5 Å². The molecule has 8 nitrogen and oxygen atoms in total. The van der Waals surface area contributed by atoms with Crippen molar-refractivity contribution in [3.8, 4) is 0 Å². The van der Waals surface area contributed by atoms with Crippen molar-refractivity contribution in [3.05, 3.63) is 56.7 Å². The number of nitrogens with two attached hydrogens (primary N) is 1. The molecule has 1 amide bonds. The van der Waals surface area contributed by atoms with E-state index in [0.717, 1.165) is 44.3 Å². The molecule has 168 valence electrons. The fraction of sp³-hybridized carbons (Fsp3) is 0.522. The average molecular weight is 428 g/mol. The van der Waals surface area contributed by atoms with Gasteiger partial charge in [-0.1, -0.05) is 50.6 Å². The number of benzene rings is 1. The molecular formula is C23H33N5O3. The third-order valence-corrected chi connectivity index (χ3v) is 5.80. The van der Waals surface area contributed by atoms with E-state index in [1.807, 2.05) is 37.3 Å². The summed E-state index contributed by atoms with van der Waals surface area (Å²) < 4.78 is 1.36. The Hall–Kier alpha value is -2.87. The Bertz CT molecular complexity index is 999. The molecule has 0 unspecified atom stereocenters. The summed E-state index contributed by atoms with van der Waals surface area (Å²) >= 11 is 0. The summed E-state index contributed by atoms with van der Waals surface area (Å²) in [4.78, 5) is 44.5. The lowest BCUT2D eigenvalue weighted by Gasteiger charge is -2.32. The van der Waals surface area contributed by atoms with Gasteiger partial charge in [0, 0.05) is 13.1 Å². The van der Waals surface area contributed by atoms with Gasteiger partial charge in [0.05, 0.1) is 13.1 Å². The zero-order valence-corrected chi connectivity index (χ0v) is 18.5. The highest BCUT2D eigenvalue weighted by molar-refractivity contribution is 5.96. The summed E-state index contributed by atoms with van der Waals surface area (Å²) in [5, 5.41) is 0. The maximum absolute atomic E-state index is 13.4. The predicted octanol–water partition coefficient (Wildman–Crippen LogP) is 2.18. The molecule has 0 aliphatic carbocycles. The minimum absolute atomic E-state index is 0.0403. The van der Waals surface area contributed by atoms with Gasteiger partial charge in [0.25, 0.3) is 5.56 Å². The number of aromatic nitrogens is 2. The number of unbranched alkanes of at least 4 members (excludes halogenated alkanes) is 1. The van der Waals surface area contributed by atoms with Gasteiger partial charge in [0.1, 0.15) is 5.82 Å². The monoisotopic (exact) mass is 427 g/mol. The molecule has 1 atom stereocenters. The van der Waals surface area contributed by atoms with Crippen molar-refractivity contribution in [3.63, 3.8) is 0 Å². The number of nitrogens with one attached hydrogen (secondary N) is 1. The second kappa shape index (κ2) is 10.4. The lowest BCUT2D eigenvalue weighted by Crippen LogP contribution is -2.46. The fourth-order valence-corrected chi connectivity index (χ4v) is 4.14. The summed E-state index contributed by atoms with van der Waals surface area (Å²) in [6.07, 6.45) is 3.83. The van der Waals surface area contributed by atoms with Gasteiger partial charge in [0.15, 0.2) is 5.69 Å². The van der Waals surface area contributed by atoms with Gasteiger partial charge in [-0.3, -0.25) is 28.9 Å². The first-order chi connectivity index (χ1) is 14.9. The molecule has 1 saturated heterocycles. The largest absolute Gasteiger partial charge is 0.383 e. The maximum Gasteiger partial charge on any atom is 0.330 e. The third kappa shape index (κ3) is 5.64. The number of rotatable bonds is 8. The molecule has 0 bridgehead atoms. The van der Waals surface area contributed by atoms with E-state index in [2.05, 4.69) is 16.8 Å². The summed E-state index contributed by atoms with van der Waals surface area (Å²) in [5.41, 5.74) is 6.06. The van der Waals surface area contributed by atoms with Crippen molar-refractivity contribution in [2.45, 2.75) is 52.6 Å². The number of hydrogen-bond donors (Lipinski definition) is 2. The number of likely N-dealkylation sites (tertiary alicyclic amines) is 1. The topological polar surface area (TPSA) is 104 Å². The lowest BCUT2D eigenvalue weighted by atomic mass is 10.0. The third-order valence-electron chi connectivity index (χ3n) is 5.80. The molecule has 2 aromatic rings. The van der Waals surface area contributed by atoms with Gasteiger partial charge in [-0.2, -0.15) is 0 Å². The summed E-state index contributed by atoms with van der Waals surface area (Å²) in [7, 11) is 0. The Labute approximate surface area is 182 Å². The number of H-pyrrole nitrogens is 1. The van der Waals surface area contributed by atoms with E-state index in [4.69, 9.17) is 5.73 Å². The zero-order valence-electron chi connectivity index (χ0n) is 18.5. The van der Waals surface area contributed by atoms with Crippen LogP contribution in [-0.2, 0) is 17.9 Å². The molecule has 0 radical (unpaired) electrons. The number of carbonyl (C=O) groups excluding carboxylic acids is 1. The van der Waals surface area contributed by atoms with Crippen LogP contribution >= 0.6 is 0 Å². The Morgan fingerprint density at radius 2 is 2.00 bits per heavy atom. The minimum atomic E-state index is -0.633. The van der Waals surface area contributed by atoms with Crippen LogP contribution < -0.4 is 21.9 Å². The van der Waals surface area contributed by atoms with E-state index in [9.17, 15) is 14.4 Å². The van der Waals surface area contributed by atoms with Gasteiger partial charge >= 0.3 is 5.69 Å². The maximum atomic E-state index is 13.4. The number of hydrogen-bond acceptors (Lipinski definition) is 5.